The fourth-order valence-electron chi connectivity index (χ4n) is 2.48. The Balaban J connectivity index is 1.44. The Morgan fingerprint density at radius 1 is 1.29 bits per heavy atom. The summed E-state index contributed by atoms with van der Waals surface area (Å²) in [6, 6.07) is 9.94. The second-order valence-electron chi connectivity index (χ2n) is 5.34. The van der Waals surface area contributed by atoms with Crippen LogP contribution in [0.1, 0.15) is 4.88 Å². The summed E-state index contributed by atoms with van der Waals surface area (Å²) in [5.74, 6) is 0.566. The van der Waals surface area contributed by atoms with Crippen molar-refractivity contribution in [3.05, 3.63) is 46.0 Å². The molecule has 0 bridgehead atoms. The van der Waals surface area contributed by atoms with Crippen LogP contribution < -0.4 is 15.4 Å². The van der Waals surface area contributed by atoms with Crippen LogP contribution in [0.5, 0.6) is 5.75 Å². The van der Waals surface area contributed by atoms with Crippen LogP contribution in [0.3, 0.4) is 0 Å². The molecule has 0 radical (unpaired) electrons. The van der Waals surface area contributed by atoms with Crippen molar-refractivity contribution in [2.75, 3.05) is 23.8 Å². The van der Waals surface area contributed by atoms with E-state index in [9.17, 15) is 4.79 Å². The van der Waals surface area contributed by atoms with Gasteiger partial charge < -0.3 is 15.4 Å². The fourth-order valence-corrected chi connectivity index (χ4v) is 3.93. The van der Waals surface area contributed by atoms with Gasteiger partial charge in [-0.15, -0.1) is 22.7 Å². The van der Waals surface area contributed by atoms with E-state index in [0.29, 0.717) is 11.4 Å². The van der Waals surface area contributed by atoms with Crippen molar-refractivity contribution in [3.63, 3.8) is 0 Å². The lowest BCUT2D eigenvalue weighted by Crippen LogP contribution is -2.25. The molecule has 0 spiro atoms. The average molecular weight is 357 g/mol. The highest BCUT2D eigenvalue weighted by molar-refractivity contribution is 7.14. The summed E-state index contributed by atoms with van der Waals surface area (Å²) in [4.78, 5) is 17.4. The number of thiophene rings is 1. The molecule has 0 saturated carbocycles. The van der Waals surface area contributed by atoms with Crippen LogP contribution in [0.4, 0.5) is 10.8 Å². The first kappa shape index (κ1) is 15.2. The number of anilines is 2. The lowest BCUT2D eigenvalue weighted by Gasteiger charge is -2.18. The first-order valence-electron chi connectivity index (χ1n) is 7.57. The average Bonchev–Trinajstić information content (AvgIpc) is 3.26. The number of amides is 1. The quantitative estimate of drug-likeness (QED) is 0.728. The number of carbonyl (C=O) groups is 1. The standard InChI is InChI=1S/C17H15N3O2S2/c21-16-9-22-15-4-3-11(8-13(15)19-16)14-10-24-17(20-14)18-6-5-12-2-1-7-23-12/h1-4,7-8,10H,5-6,9H2,(H,18,20)(H,19,21). The Kier molecular flexibility index (Phi) is 4.18. The summed E-state index contributed by atoms with van der Waals surface area (Å²) < 4.78 is 5.38. The van der Waals surface area contributed by atoms with Crippen molar-refractivity contribution in [3.8, 4) is 17.0 Å². The van der Waals surface area contributed by atoms with Crippen molar-refractivity contribution in [2.45, 2.75) is 6.42 Å². The molecule has 2 N–H and O–H groups in total. The largest absolute Gasteiger partial charge is 0.482 e. The molecule has 0 aliphatic carbocycles. The molecule has 2 aromatic heterocycles. The SMILES string of the molecule is O=C1COc2ccc(-c3csc(NCCc4cccs4)n3)cc2N1. The number of nitrogens with zero attached hydrogens (tertiary/aromatic N) is 1. The fraction of sp³-hybridized carbons (Fsp3) is 0.176. The van der Waals surface area contributed by atoms with Crippen molar-refractivity contribution in [2.24, 2.45) is 0 Å². The molecule has 4 rings (SSSR count). The topological polar surface area (TPSA) is 63.2 Å². The van der Waals surface area contributed by atoms with Crippen molar-refractivity contribution < 1.29 is 9.53 Å². The summed E-state index contributed by atoms with van der Waals surface area (Å²) in [6.45, 7) is 0.933. The predicted octanol–water partition coefficient (Wildman–Crippen LogP) is 3.86. The Bertz CT molecular complexity index is 859. The number of thiazole rings is 1. The molecule has 5 nitrogen and oxygen atoms in total. The number of carbonyl (C=O) groups excluding carboxylic acids is 1. The molecule has 24 heavy (non-hydrogen) atoms. The van der Waals surface area contributed by atoms with Crippen molar-refractivity contribution in [1.82, 2.24) is 4.98 Å². The Morgan fingerprint density at radius 2 is 2.25 bits per heavy atom. The third-order valence-corrected chi connectivity index (χ3v) is 5.38. The first-order chi connectivity index (χ1) is 11.8. The van der Waals surface area contributed by atoms with Crippen LogP contribution in [0.15, 0.2) is 41.1 Å². The molecular weight excluding hydrogens is 342 g/mol. The Morgan fingerprint density at radius 3 is 3.12 bits per heavy atom. The maximum atomic E-state index is 11.4. The first-order valence-corrected chi connectivity index (χ1v) is 9.33. The third-order valence-electron chi connectivity index (χ3n) is 3.64. The molecule has 0 saturated heterocycles. The monoisotopic (exact) mass is 357 g/mol. The molecule has 0 unspecified atom stereocenters. The van der Waals surface area contributed by atoms with Crippen LogP contribution >= 0.6 is 22.7 Å². The van der Waals surface area contributed by atoms with Crippen LogP contribution in [0.2, 0.25) is 0 Å². The van der Waals surface area contributed by atoms with E-state index >= 15 is 0 Å². The minimum absolute atomic E-state index is 0.0708. The predicted molar refractivity (Wildman–Crippen MR) is 98.2 cm³/mol. The van der Waals surface area contributed by atoms with Gasteiger partial charge in [0.1, 0.15) is 5.75 Å². The highest BCUT2D eigenvalue weighted by Crippen LogP contribution is 2.33. The van der Waals surface area contributed by atoms with Crippen molar-refractivity contribution >= 4 is 39.4 Å². The lowest BCUT2D eigenvalue weighted by molar-refractivity contribution is -0.118. The molecular formula is C17H15N3O2S2. The van der Waals surface area contributed by atoms with Crippen molar-refractivity contribution in [1.29, 1.82) is 0 Å². The van der Waals surface area contributed by atoms with Gasteiger partial charge in [-0.1, -0.05) is 6.07 Å². The molecule has 0 atom stereocenters. The number of rotatable bonds is 5. The van der Waals surface area contributed by atoms with Gasteiger partial charge in [-0.25, -0.2) is 4.98 Å². The number of aromatic nitrogens is 1. The van der Waals surface area contributed by atoms with Crippen LogP contribution in [-0.2, 0) is 11.2 Å². The maximum absolute atomic E-state index is 11.4. The highest BCUT2D eigenvalue weighted by atomic mass is 32.1. The van der Waals surface area contributed by atoms with Gasteiger partial charge in [-0.3, -0.25) is 4.79 Å². The number of hydrogen-bond donors (Lipinski definition) is 2. The number of ether oxygens (including phenoxy) is 1. The van der Waals surface area contributed by atoms with Gasteiger partial charge in [0, 0.05) is 22.4 Å². The molecule has 1 amide bonds. The van der Waals surface area contributed by atoms with E-state index in [1.165, 1.54) is 4.88 Å². The zero-order chi connectivity index (χ0) is 16.4. The van der Waals surface area contributed by atoms with Gasteiger partial charge in [-0.2, -0.15) is 0 Å². The Labute approximate surface area is 147 Å². The highest BCUT2D eigenvalue weighted by Gasteiger charge is 2.17. The Hall–Kier alpha value is -2.38. The second kappa shape index (κ2) is 6.62. The summed E-state index contributed by atoms with van der Waals surface area (Å²) in [6.07, 6.45) is 0.995. The summed E-state index contributed by atoms with van der Waals surface area (Å²) >= 11 is 3.35. The molecule has 0 fully saturated rings. The van der Waals surface area contributed by atoms with Gasteiger partial charge in [0.2, 0.25) is 0 Å². The number of hydrogen-bond acceptors (Lipinski definition) is 6. The van der Waals surface area contributed by atoms with Gasteiger partial charge in [0.25, 0.3) is 5.91 Å². The summed E-state index contributed by atoms with van der Waals surface area (Å²) in [7, 11) is 0. The van der Waals surface area contributed by atoms with Gasteiger partial charge in [0.05, 0.1) is 11.4 Å². The number of nitrogens with one attached hydrogen (secondary N) is 2. The van der Waals surface area contributed by atoms with E-state index in [4.69, 9.17) is 4.74 Å². The zero-order valence-corrected chi connectivity index (χ0v) is 14.4. The molecule has 122 valence electrons. The smallest absolute Gasteiger partial charge is 0.262 e. The van der Waals surface area contributed by atoms with Gasteiger partial charge in [0.15, 0.2) is 11.7 Å². The molecule has 1 aromatic carbocycles. The zero-order valence-electron chi connectivity index (χ0n) is 12.7. The van der Waals surface area contributed by atoms with E-state index in [-0.39, 0.29) is 12.5 Å². The van der Waals surface area contributed by atoms with E-state index in [2.05, 4.69) is 33.1 Å². The number of fused-ring (bicyclic) bond motifs is 1. The molecule has 1 aliphatic rings. The third kappa shape index (κ3) is 3.27. The summed E-state index contributed by atoms with van der Waals surface area (Å²) in [5.41, 5.74) is 2.55. The van der Waals surface area contributed by atoms with Crippen LogP contribution in [0, 0.1) is 0 Å². The van der Waals surface area contributed by atoms with E-state index in [1.54, 1.807) is 22.7 Å². The lowest BCUT2D eigenvalue weighted by atomic mass is 10.1. The number of benzene rings is 1. The van der Waals surface area contributed by atoms with E-state index < -0.39 is 0 Å². The summed E-state index contributed by atoms with van der Waals surface area (Å²) in [5, 5.41) is 11.2. The van der Waals surface area contributed by atoms with Crippen LogP contribution in [0.25, 0.3) is 11.3 Å². The minimum Gasteiger partial charge on any atom is -0.482 e. The molecule has 1 aliphatic heterocycles. The van der Waals surface area contributed by atoms with E-state index in [1.807, 2.05) is 23.6 Å². The van der Waals surface area contributed by atoms with Crippen LogP contribution in [-0.4, -0.2) is 24.0 Å². The molecule has 7 heteroatoms. The normalized spacial score (nSPS) is 13.1. The van der Waals surface area contributed by atoms with E-state index in [0.717, 1.165) is 29.4 Å². The molecule has 3 heterocycles. The van der Waals surface area contributed by atoms with Gasteiger partial charge in [-0.05, 0) is 36.1 Å². The van der Waals surface area contributed by atoms with Gasteiger partial charge >= 0.3 is 0 Å². The maximum Gasteiger partial charge on any atom is 0.262 e. The minimum atomic E-state index is -0.131. The second-order valence-corrected chi connectivity index (χ2v) is 7.23. The molecule has 3 aromatic rings.